The molecule has 31 valence electrons. The van der Waals surface area contributed by atoms with Crippen LogP contribution in [0.15, 0.2) is 18.5 Å². The fraction of sp³-hybridized carbons (Fsp3) is 0. The van der Waals surface area contributed by atoms with Crippen LogP contribution < -0.4 is 0 Å². The van der Waals surface area contributed by atoms with E-state index >= 15 is 0 Å². The van der Waals surface area contributed by atoms with Gasteiger partial charge >= 0.3 is 0 Å². The minimum Gasteiger partial charge on any atom is -0.286 e. The minimum atomic E-state index is 0. The molecule has 0 spiro atoms. The summed E-state index contributed by atoms with van der Waals surface area (Å²) in [6.45, 7) is 0. The summed E-state index contributed by atoms with van der Waals surface area (Å²) in [7, 11) is 0. The van der Waals surface area contributed by atoms with E-state index in [4.69, 9.17) is 0 Å². The Morgan fingerprint density at radius 1 is 1.50 bits per heavy atom. The second-order valence-electron chi connectivity index (χ2n) is 0.766. The standard InChI is InChI=1S/C3H4N2.Bi/c1-2-4-5-3-1;/h1-3H,(H,4,5);. The third kappa shape index (κ3) is 1.51. The van der Waals surface area contributed by atoms with E-state index in [1.807, 2.05) is 6.07 Å². The van der Waals surface area contributed by atoms with E-state index in [9.17, 15) is 0 Å². The van der Waals surface area contributed by atoms with Crippen LogP contribution in [0.1, 0.15) is 0 Å². The summed E-state index contributed by atoms with van der Waals surface area (Å²) < 4.78 is 0. The molecule has 3 radical (unpaired) electrons. The molecular formula is C3H4BiN2. The molecule has 0 saturated heterocycles. The van der Waals surface area contributed by atoms with Crippen LogP contribution in [0.3, 0.4) is 0 Å². The predicted octanol–water partition coefficient (Wildman–Crippen LogP) is 0.0289. The maximum atomic E-state index is 3.60. The van der Waals surface area contributed by atoms with Gasteiger partial charge < -0.3 is 0 Å². The van der Waals surface area contributed by atoms with Crippen molar-refractivity contribution in [1.29, 1.82) is 0 Å². The average Bonchev–Trinajstić information content (AvgIpc) is 1.76. The van der Waals surface area contributed by atoms with E-state index in [0.717, 1.165) is 0 Å². The number of hydrogen-bond acceptors (Lipinski definition) is 1. The van der Waals surface area contributed by atoms with Gasteiger partial charge in [-0.15, -0.1) is 0 Å². The summed E-state index contributed by atoms with van der Waals surface area (Å²) in [6.07, 6.45) is 3.46. The Kier molecular flexibility index (Phi) is 3.34. The van der Waals surface area contributed by atoms with E-state index < -0.39 is 0 Å². The summed E-state index contributed by atoms with van der Waals surface area (Å²) in [4.78, 5) is 0. The minimum absolute atomic E-state index is 0. The number of aromatic amines is 1. The molecule has 0 amide bonds. The first-order valence-corrected chi connectivity index (χ1v) is 1.44. The summed E-state index contributed by atoms with van der Waals surface area (Å²) in [5.74, 6) is 0. The summed E-state index contributed by atoms with van der Waals surface area (Å²) >= 11 is 0. The van der Waals surface area contributed by atoms with Gasteiger partial charge in [-0.1, -0.05) is 0 Å². The SMILES string of the molecule is [Bi].c1cn[nH]c1. The summed E-state index contributed by atoms with van der Waals surface area (Å²) in [5.41, 5.74) is 0. The van der Waals surface area contributed by atoms with Crippen molar-refractivity contribution >= 4 is 26.2 Å². The number of H-pyrrole nitrogens is 1. The zero-order valence-corrected chi connectivity index (χ0v) is 6.60. The van der Waals surface area contributed by atoms with Crippen LogP contribution in [0.5, 0.6) is 0 Å². The maximum absolute atomic E-state index is 3.60. The van der Waals surface area contributed by atoms with E-state index in [1.165, 1.54) is 0 Å². The predicted molar refractivity (Wildman–Crippen MR) is 24.3 cm³/mol. The molecule has 0 aliphatic rings. The molecule has 0 unspecified atom stereocenters. The zero-order valence-electron chi connectivity index (χ0n) is 3.13. The van der Waals surface area contributed by atoms with Crippen LogP contribution in [0.2, 0.25) is 0 Å². The van der Waals surface area contributed by atoms with E-state index in [1.54, 1.807) is 12.4 Å². The first-order valence-electron chi connectivity index (χ1n) is 1.44. The summed E-state index contributed by atoms with van der Waals surface area (Å²) in [5, 5.41) is 6.21. The molecule has 0 atom stereocenters. The van der Waals surface area contributed by atoms with Crippen molar-refractivity contribution in [3.05, 3.63) is 18.5 Å². The number of nitrogens with one attached hydrogen (secondary N) is 1. The van der Waals surface area contributed by atoms with Gasteiger partial charge in [0, 0.05) is 38.6 Å². The molecule has 0 aliphatic carbocycles. The van der Waals surface area contributed by atoms with Crippen molar-refractivity contribution in [1.82, 2.24) is 10.2 Å². The second kappa shape index (κ2) is 3.29. The Hall–Kier alpha value is 0.0931. The van der Waals surface area contributed by atoms with Gasteiger partial charge in [0.25, 0.3) is 0 Å². The number of hydrogen-bond donors (Lipinski definition) is 1. The average molecular weight is 277 g/mol. The number of rotatable bonds is 0. The Labute approximate surface area is 55.1 Å². The van der Waals surface area contributed by atoms with E-state index in [0.29, 0.717) is 0 Å². The maximum Gasteiger partial charge on any atom is 0.0487 e. The smallest absolute Gasteiger partial charge is 0.0487 e. The second-order valence-corrected chi connectivity index (χ2v) is 0.766. The topological polar surface area (TPSA) is 28.7 Å². The molecule has 0 fully saturated rings. The van der Waals surface area contributed by atoms with Gasteiger partial charge in [0.1, 0.15) is 0 Å². The molecule has 1 heterocycles. The van der Waals surface area contributed by atoms with E-state index in [-0.39, 0.29) is 26.2 Å². The van der Waals surface area contributed by atoms with Crippen LogP contribution >= 0.6 is 0 Å². The Morgan fingerprint density at radius 2 is 2.33 bits per heavy atom. The molecule has 3 heteroatoms. The van der Waals surface area contributed by atoms with Gasteiger partial charge in [-0.05, 0) is 6.07 Å². The van der Waals surface area contributed by atoms with Gasteiger partial charge in [0.2, 0.25) is 0 Å². The Balaban J connectivity index is 0.000000250. The molecule has 0 bridgehead atoms. The quantitative estimate of drug-likeness (QED) is 0.666. The number of nitrogens with zero attached hydrogens (tertiary/aromatic N) is 1. The van der Waals surface area contributed by atoms with Crippen molar-refractivity contribution < 1.29 is 0 Å². The van der Waals surface area contributed by atoms with Crippen molar-refractivity contribution in [3.8, 4) is 0 Å². The van der Waals surface area contributed by atoms with Crippen LogP contribution in [-0.2, 0) is 0 Å². The third-order valence-corrected chi connectivity index (χ3v) is 0.406. The van der Waals surface area contributed by atoms with Gasteiger partial charge in [-0.2, -0.15) is 5.10 Å². The van der Waals surface area contributed by atoms with Gasteiger partial charge in [0.05, 0.1) is 0 Å². The van der Waals surface area contributed by atoms with Crippen LogP contribution in [0, 0.1) is 0 Å². The van der Waals surface area contributed by atoms with Crippen LogP contribution in [0.25, 0.3) is 0 Å². The van der Waals surface area contributed by atoms with Crippen molar-refractivity contribution in [2.45, 2.75) is 0 Å². The fourth-order valence-corrected chi connectivity index (χ4v) is 0.215. The molecular weight excluding hydrogens is 273 g/mol. The normalized spacial score (nSPS) is 6.67. The molecule has 1 rings (SSSR count). The first-order chi connectivity index (χ1) is 2.50. The van der Waals surface area contributed by atoms with Crippen LogP contribution in [-0.4, -0.2) is 36.4 Å². The Morgan fingerprint density at radius 3 is 2.50 bits per heavy atom. The Bertz CT molecular complexity index is 65.3. The first kappa shape index (κ1) is 6.09. The number of aromatic nitrogens is 2. The van der Waals surface area contributed by atoms with Crippen molar-refractivity contribution in [2.24, 2.45) is 0 Å². The van der Waals surface area contributed by atoms with Gasteiger partial charge in [0.15, 0.2) is 0 Å². The molecule has 1 N–H and O–H groups in total. The van der Waals surface area contributed by atoms with Crippen LogP contribution in [0.4, 0.5) is 0 Å². The third-order valence-electron chi connectivity index (χ3n) is 0.406. The monoisotopic (exact) mass is 277 g/mol. The van der Waals surface area contributed by atoms with Gasteiger partial charge in [-0.25, -0.2) is 0 Å². The molecule has 1 aromatic heterocycles. The molecule has 1 aromatic rings. The molecule has 2 nitrogen and oxygen atoms in total. The fourth-order valence-electron chi connectivity index (χ4n) is 0.215. The molecule has 0 aliphatic heterocycles. The summed E-state index contributed by atoms with van der Waals surface area (Å²) in [6, 6.07) is 1.83. The molecule has 6 heavy (non-hydrogen) atoms. The van der Waals surface area contributed by atoms with E-state index in [2.05, 4.69) is 10.2 Å². The zero-order chi connectivity index (χ0) is 3.54. The van der Waals surface area contributed by atoms with Gasteiger partial charge in [-0.3, -0.25) is 5.10 Å². The van der Waals surface area contributed by atoms with Crippen molar-refractivity contribution in [2.75, 3.05) is 0 Å². The molecule has 0 aromatic carbocycles. The largest absolute Gasteiger partial charge is 0.286 e. The molecule has 0 saturated carbocycles. The van der Waals surface area contributed by atoms with Crippen molar-refractivity contribution in [3.63, 3.8) is 0 Å².